The van der Waals surface area contributed by atoms with Gasteiger partial charge in [-0.1, -0.05) is 37.5 Å². The van der Waals surface area contributed by atoms with E-state index in [2.05, 4.69) is 64.8 Å². The minimum atomic E-state index is 0.148. The Bertz CT molecular complexity index is 876. The largest absolute Gasteiger partial charge is 0.380 e. The third-order valence-corrected chi connectivity index (χ3v) is 7.89. The van der Waals surface area contributed by atoms with Crippen molar-refractivity contribution in [2.24, 2.45) is 5.92 Å². The fraction of sp³-hybridized carbons (Fsp3) is 0.500. The number of anilines is 2. The van der Waals surface area contributed by atoms with Gasteiger partial charge >= 0.3 is 0 Å². The average Bonchev–Trinajstić information content (AvgIpc) is 2.86. The molecule has 0 aliphatic heterocycles. The van der Waals surface area contributed by atoms with Gasteiger partial charge in [-0.3, -0.25) is 19.8 Å². The van der Waals surface area contributed by atoms with E-state index in [0.717, 1.165) is 60.7 Å². The number of benzene rings is 2. The van der Waals surface area contributed by atoms with Crippen molar-refractivity contribution < 1.29 is 9.63 Å². The minimum Gasteiger partial charge on any atom is -0.380 e. The Kier molecular flexibility index (Phi) is 11.4. The molecular formula is C26H38N4O2S2. The first kappa shape index (κ1) is 26.7. The molecule has 2 aromatic carbocycles. The van der Waals surface area contributed by atoms with E-state index >= 15 is 0 Å². The lowest BCUT2D eigenvalue weighted by Crippen LogP contribution is -2.28. The Morgan fingerprint density at radius 3 is 2.53 bits per heavy atom. The summed E-state index contributed by atoms with van der Waals surface area (Å²) in [5.41, 5.74) is 4.85. The molecule has 0 aromatic heterocycles. The Morgan fingerprint density at radius 1 is 1.06 bits per heavy atom. The van der Waals surface area contributed by atoms with Crippen LogP contribution in [-0.4, -0.2) is 50.4 Å². The summed E-state index contributed by atoms with van der Waals surface area (Å²) in [5.74, 6) is 1.26. The summed E-state index contributed by atoms with van der Waals surface area (Å²) in [6.45, 7) is 1.00. The van der Waals surface area contributed by atoms with Crippen LogP contribution in [0.4, 0.5) is 11.4 Å². The highest BCUT2D eigenvalue weighted by Gasteiger charge is 2.21. The SMILES string of the molecule is CONc1cc(SNC(=O)C2CCCCC2)ccc1NC(CCN(C)C)CSc1ccccc1. The van der Waals surface area contributed by atoms with Crippen molar-refractivity contribution in [1.29, 1.82) is 0 Å². The second-order valence-electron chi connectivity index (χ2n) is 8.97. The van der Waals surface area contributed by atoms with Crippen LogP contribution in [-0.2, 0) is 9.63 Å². The zero-order valence-electron chi connectivity index (χ0n) is 20.5. The first-order chi connectivity index (χ1) is 16.5. The quantitative estimate of drug-likeness (QED) is 0.179. The van der Waals surface area contributed by atoms with Gasteiger partial charge in [0.15, 0.2) is 0 Å². The smallest absolute Gasteiger partial charge is 0.233 e. The molecule has 0 saturated heterocycles. The maximum Gasteiger partial charge on any atom is 0.233 e. The molecule has 0 bridgehead atoms. The fourth-order valence-corrected chi connectivity index (χ4v) is 5.70. The van der Waals surface area contributed by atoms with Gasteiger partial charge in [0.2, 0.25) is 5.91 Å². The minimum absolute atomic E-state index is 0.148. The number of thioether (sulfide) groups is 1. The number of hydrogen-bond donors (Lipinski definition) is 3. The van der Waals surface area contributed by atoms with Crippen molar-refractivity contribution in [3.05, 3.63) is 48.5 Å². The van der Waals surface area contributed by atoms with Crippen LogP contribution in [0, 0.1) is 5.92 Å². The van der Waals surface area contributed by atoms with Crippen molar-refractivity contribution in [2.75, 3.05) is 44.3 Å². The lowest BCUT2D eigenvalue weighted by atomic mass is 9.89. The van der Waals surface area contributed by atoms with E-state index < -0.39 is 0 Å². The number of hydrogen-bond acceptors (Lipinski definition) is 7. The summed E-state index contributed by atoms with van der Waals surface area (Å²) in [7, 11) is 5.82. The van der Waals surface area contributed by atoms with Crippen LogP contribution in [0.5, 0.6) is 0 Å². The molecule has 1 aliphatic rings. The van der Waals surface area contributed by atoms with Crippen LogP contribution in [0.25, 0.3) is 0 Å². The molecule has 186 valence electrons. The standard InChI is InChI=1S/C26H38N4O2S2/c1-30(2)17-16-21(19-33-22-12-8-5-9-13-22)27-24-15-14-23(18-25(24)28-32-3)34-29-26(31)20-10-6-4-7-11-20/h5,8-9,12-15,18,20-21,27-28H,4,6-7,10-11,16-17,19H2,1-3H3,(H,29,31). The first-order valence-electron chi connectivity index (χ1n) is 12.0. The molecule has 1 amide bonds. The molecule has 6 nitrogen and oxygen atoms in total. The monoisotopic (exact) mass is 502 g/mol. The maximum absolute atomic E-state index is 12.5. The molecule has 0 heterocycles. The highest BCUT2D eigenvalue weighted by Crippen LogP contribution is 2.31. The van der Waals surface area contributed by atoms with E-state index in [1.165, 1.54) is 23.3 Å². The molecule has 0 radical (unpaired) electrons. The number of rotatable bonds is 13. The van der Waals surface area contributed by atoms with Crippen LogP contribution in [0.15, 0.2) is 58.3 Å². The molecule has 1 fully saturated rings. The lowest BCUT2D eigenvalue weighted by molar-refractivity contribution is -0.123. The molecule has 34 heavy (non-hydrogen) atoms. The molecule has 1 saturated carbocycles. The molecular weight excluding hydrogens is 464 g/mol. The number of nitrogens with zero attached hydrogens (tertiary/aromatic N) is 1. The summed E-state index contributed by atoms with van der Waals surface area (Å²) in [6, 6.07) is 16.9. The number of carbonyl (C=O) groups is 1. The normalized spacial score (nSPS) is 15.2. The highest BCUT2D eigenvalue weighted by atomic mass is 32.2. The van der Waals surface area contributed by atoms with Crippen molar-refractivity contribution in [3.63, 3.8) is 0 Å². The van der Waals surface area contributed by atoms with Crippen molar-refractivity contribution in [2.45, 2.75) is 54.4 Å². The summed E-state index contributed by atoms with van der Waals surface area (Å²) in [6.07, 6.45) is 6.58. The Balaban J connectivity index is 1.63. The third kappa shape index (κ3) is 9.06. The second kappa shape index (κ2) is 14.5. The molecule has 1 atom stereocenters. The number of amides is 1. The van der Waals surface area contributed by atoms with Gasteiger partial charge < -0.3 is 10.2 Å². The van der Waals surface area contributed by atoms with E-state index in [1.54, 1.807) is 7.11 Å². The second-order valence-corrected chi connectivity index (χ2v) is 10.9. The Morgan fingerprint density at radius 2 is 1.82 bits per heavy atom. The fourth-order valence-electron chi connectivity index (χ4n) is 4.01. The van der Waals surface area contributed by atoms with Gasteiger partial charge in [0.1, 0.15) is 0 Å². The summed E-state index contributed by atoms with van der Waals surface area (Å²) in [5, 5.41) is 3.72. The average molecular weight is 503 g/mol. The van der Waals surface area contributed by atoms with E-state index in [0.29, 0.717) is 0 Å². The number of carbonyl (C=O) groups excluding carboxylic acids is 1. The van der Waals surface area contributed by atoms with Crippen LogP contribution in [0.3, 0.4) is 0 Å². The molecule has 1 aliphatic carbocycles. The highest BCUT2D eigenvalue weighted by molar-refractivity contribution is 7.99. The van der Waals surface area contributed by atoms with Crippen molar-refractivity contribution in [1.82, 2.24) is 9.62 Å². The van der Waals surface area contributed by atoms with Gasteiger partial charge in [0.05, 0.1) is 18.5 Å². The zero-order valence-corrected chi connectivity index (χ0v) is 22.1. The number of nitrogens with one attached hydrogen (secondary N) is 3. The van der Waals surface area contributed by atoms with E-state index in [9.17, 15) is 4.79 Å². The molecule has 8 heteroatoms. The van der Waals surface area contributed by atoms with E-state index in [-0.39, 0.29) is 17.9 Å². The van der Waals surface area contributed by atoms with Gasteiger partial charge in [-0.2, -0.15) is 0 Å². The predicted octanol–water partition coefficient (Wildman–Crippen LogP) is 5.89. The van der Waals surface area contributed by atoms with Gasteiger partial charge in [-0.05, 0) is 82.2 Å². The zero-order chi connectivity index (χ0) is 24.2. The van der Waals surface area contributed by atoms with Gasteiger partial charge in [-0.25, -0.2) is 0 Å². The van der Waals surface area contributed by atoms with Gasteiger partial charge in [-0.15, -0.1) is 11.8 Å². The topological polar surface area (TPSA) is 65.6 Å². The van der Waals surface area contributed by atoms with Crippen molar-refractivity contribution in [3.8, 4) is 0 Å². The van der Waals surface area contributed by atoms with Gasteiger partial charge in [0.25, 0.3) is 0 Å². The Hall–Kier alpha value is -1.87. The van der Waals surface area contributed by atoms with Gasteiger partial charge in [0, 0.05) is 27.5 Å². The van der Waals surface area contributed by atoms with Crippen LogP contribution in [0.1, 0.15) is 38.5 Å². The summed E-state index contributed by atoms with van der Waals surface area (Å²) < 4.78 is 3.05. The predicted molar refractivity (Wildman–Crippen MR) is 145 cm³/mol. The lowest BCUT2D eigenvalue weighted by Gasteiger charge is -2.24. The summed E-state index contributed by atoms with van der Waals surface area (Å²) in [4.78, 5) is 22.2. The molecule has 0 spiro atoms. The van der Waals surface area contributed by atoms with Crippen molar-refractivity contribution >= 4 is 41.0 Å². The van der Waals surface area contributed by atoms with E-state index in [4.69, 9.17) is 4.84 Å². The molecule has 1 unspecified atom stereocenters. The molecule has 2 aromatic rings. The molecule has 3 N–H and O–H groups in total. The first-order valence-corrected chi connectivity index (χ1v) is 13.8. The Labute approximate surface area is 213 Å². The summed E-state index contributed by atoms with van der Waals surface area (Å²) >= 11 is 3.24. The molecule has 3 rings (SSSR count). The van der Waals surface area contributed by atoms with Crippen LogP contribution < -0.4 is 15.5 Å². The third-order valence-electron chi connectivity index (χ3n) is 5.93. The maximum atomic E-state index is 12.5. The van der Waals surface area contributed by atoms with Crippen LogP contribution >= 0.6 is 23.7 Å². The van der Waals surface area contributed by atoms with E-state index in [1.807, 2.05) is 30.0 Å². The van der Waals surface area contributed by atoms with Crippen LogP contribution in [0.2, 0.25) is 0 Å².